The number of esters is 1. The Kier molecular flexibility index (Phi) is 7.00. The Morgan fingerprint density at radius 2 is 2.03 bits per heavy atom. The number of amides is 1. The number of carbonyl (C=O) groups excluding carboxylic acids is 2. The fourth-order valence-electron chi connectivity index (χ4n) is 3.12. The molecular formula is C21H24N2O4S2. The van der Waals surface area contributed by atoms with Gasteiger partial charge >= 0.3 is 5.97 Å². The Morgan fingerprint density at radius 1 is 1.31 bits per heavy atom. The summed E-state index contributed by atoms with van der Waals surface area (Å²) in [5.41, 5.74) is 1.93. The molecule has 2 N–H and O–H groups in total. The van der Waals surface area contributed by atoms with E-state index in [1.807, 2.05) is 6.07 Å². The molecular weight excluding hydrogens is 408 g/mol. The van der Waals surface area contributed by atoms with Gasteiger partial charge in [-0.1, -0.05) is 32.0 Å². The van der Waals surface area contributed by atoms with Crippen LogP contribution in [0.25, 0.3) is 0 Å². The van der Waals surface area contributed by atoms with E-state index in [-0.39, 0.29) is 23.7 Å². The van der Waals surface area contributed by atoms with Crippen LogP contribution < -0.4 is 10.6 Å². The lowest BCUT2D eigenvalue weighted by molar-refractivity contribution is 0.00124. The molecule has 1 aromatic carbocycles. The summed E-state index contributed by atoms with van der Waals surface area (Å²) in [6, 6.07) is 8.80. The van der Waals surface area contributed by atoms with Crippen LogP contribution in [0.1, 0.15) is 51.9 Å². The van der Waals surface area contributed by atoms with Gasteiger partial charge in [0.2, 0.25) is 0 Å². The first-order valence-corrected chi connectivity index (χ1v) is 10.7. The smallest absolute Gasteiger partial charge is 0.341 e. The Balaban J connectivity index is 1.82. The Morgan fingerprint density at radius 3 is 2.69 bits per heavy atom. The zero-order valence-electron chi connectivity index (χ0n) is 16.6. The van der Waals surface area contributed by atoms with Crippen LogP contribution in [0.15, 0.2) is 30.3 Å². The fraction of sp³-hybridized carbons (Fsp3) is 0.381. The molecule has 0 aliphatic carbocycles. The largest absolute Gasteiger partial charge is 0.462 e. The van der Waals surface area contributed by atoms with Crippen LogP contribution in [0, 0.1) is 5.92 Å². The molecule has 0 fully saturated rings. The summed E-state index contributed by atoms with van der Waals surface area (Å²) in [6.07, 6.45) is 0.686. The van der Waals surface area contributed by atoms with Gasteiger partial charge in [-0.05, 0) is 42.8 Å². The van der Waals surface area contributed by atoms with Gasteiger partial charge in [-0.3, -0.25) is 10.1 Å². The lowest BCUT2D eigenvalue weighted by Gasteiger charge is -2.26. The van der Waals surface area contributed by atoms with Crippen molar-refractivity contribution in [3.63, 3.8) is 0 Å². The molecule has 2 heterocycles. The highest BCUT2D eigenvalue weighted by molar-refractivity contribution is 7.80. The molecule has 0 bridgehead atoms. The van der Waals surface area contributed by atoms with Gasteiger partial charge in [0.1, 0.15) is 5.00 Å². The third-order valence-corrected chi connectivity index (χ3v) is 5.96. The number of ether oxygens (including phenoxy) is 2. The van der Waals surface area contributed by atoms with E-state index in [1.165, 1.54) is 11.3 Å². The van der Waals surface area contributed by atoms with Crippen molar-refractivity contribution in [2.24, 2.45) is 5.92 Å². The number of hydrogen-bond acceptors (Lipinski definition) is 6. The monoisotopic (exact) mass is 432 g/mol. The van der Waals surface area contributed by atoms with Crippen LogP contribution in [-0.4, -0.2) is 29.7 Å². The van der Waals surface area contributed by atoms with Crippen molar-refractivity contribution in [3.8, 4) is 0 Å². The van der Waals surface area contributed by atoms with Gasteiger partial charge in [0.15, 0.2) is 5.11 Å². The summed E-state index contributed by atoms with van der Waals surface area (Å²) >= 11 is 6.71. The number of carbonyl (C=O) groups is 2. The predicted octanol–water partition coefficient (Wildman–Crippen LogP) is 4.15. The molecule has 0 saturated carbocycles. The number of fused-ring (bicyclic) bond motifs is 1. The minimum absolute atomic E-state index is 0.0443. The number of nitrogens with one attached hydrogen (secondary N) is 2. The van der Waals surface area contributed by atoms with E-state index < -0.39 is 5.97 Å². The van der Waals surface area contributed by atoms with Crippen molar-refractivity contribution in [2.45, 2.75) is 39.9 Å². The summed E-state index contributed by atoms with van der Waals surface area (Å²) in [5, 5.41) is 6.37. The summed E-state index contributed by atoms with van der Waals surface area (Å²) in [7, 11) is 0. The van der Waals surface area contributed by atoms with Crippen LogP contribution in [-0.2, 0) is 22.5 Å². The van der Waals surface area contributed by atoms with E-state index in [1.54, 1.807) is 31.2 Å². The minimum atomic E-state index is -0.394. The number of benzene rings is 1. The standard InChI is InChI=1S/C21H24N2O4S2/c1-4-26-20(25)17-14-10-15(12(2)3)27-11-16(14)29-19(17)23-21(28)22-18(24)13-8-6-5-7-9-13/h5-9,12,15H,4,10-11H2,1-3H3,(H2,22,23,24,28). The van der Waals surface area contributed by atoms with E-state index in [9.17, 15) is 9.59 Å². The van der Waals surface area contributed by atoms with Crippen LogP contribution in [0.2, 0.25) is 0 Å². The lowest BCUT2D eigenvalue weighted by Crippen LogP contribution is -2.34. The summed E-state index contributed by atoms with van der Waals surface area (Å²) < 4.78 is 11.2. The molecule has 29 heavy (non-hydrogen) atoms. The summed E-state index contributed by atoms with van der Waals surface area (Å²) in [6.45, 7) is 6.69. The molecule has 1 aliphatic rings. The normalized spacial score (nSPS) is 15.5. The number of rotatable bonds is 5. The van der Waals surface area contributed by atoms with Gasteiger partial charge in [0.25, 0.3) is 5.91 Å². The first-order chi connectivity index (χ1) is 13.9. The minimum Gasteiger partial charge on any atom is -0.462 e. The zero-order valence-corrected chi connectivity index (χ0v) is 18.2. The second-order valence-corrected chi connectivity index (χ2v) is 8.51. The van der Waals surface area contributed by atoms with E-state index in [0.717, 1.165) is 10.4 Å². The van der Waals surface area contributed by atoms with Crippen molar-refractivity contribution in [1.82, 2.24) is 5.32 Å². The van der Waals surface area contributed by atoms with Crippen molar-refractivity contribution in [3.05, 3.63) is 51.9 Å². The first kappa shape index (κ1) is 21.4. The molecule has 1 aromatic heterocycles. The van der Waals surface area contributed by atoms with Crippen molar-refractivity contribution < 1.29 is 19.1 Å². The molecule has 2 aromatic rings. The van der Waals surface area contributed by atoms with E-state index >= 15 is 0 Å². The highest BCUT2D eigenvalue weighted by Crippen LogP contribution is 2.39. The second-order valence-electron chi connectivity index (χ2n) is 7.00. The third kappa shape index (κ3) is 5.01. The predicted molar refractivity (Wildman–Crippen MR) is 118 cm³/mol. The molecule has 3 rings (SSSR count). The molecule has 1 atom stereocenters. The van der Waals surface area contributed by atoms with Gasteiger partial charge in [0.05, 0.1) is 24.9 Å². The van der Waals surface area contributed by atoms with Gasteiger partial charge in [-0.15, -0.1) is 11.3 Å². The number of hydrogen-bond donors (Lipinski definition) is 2. The van der Waals surface area contributed by atoms with Gasteiger partial charge in [-0.25, -0.2) is 4.79 Å². The van der Waals surface area contributed by atoms with Gasteiger partial charge in [-0.2, -0.15) is 0 Å². The average Bonchev–Trinajstić information content (AvgIpc) is 3.05. The Labute approximate surface area is 179 Å². The SMILES string of the molecule is CCOC(=O)c1c(NC(=S)NC(=O)c2ccccc2)sc2c1CC(C(C)C)OC2. The number of anilines is 1. The Hall–Kier alpha value is -2.29. The molecule has 0 spiro atoms. The van der Waals surface area contributed by atoms with E-state index in [2.05, 4.69) is 24.5 Å². The van der Waals surface area contributed by atoms with E-state index in [4.69, 9.17) is 21.7 Å². The molecule has 8 heteroatoms. The van der Waals surface area contributed by atoms with Crippen molar-refractivity contribution in [2.75, 3.05) is 11.9 Å². The molecule has 1 aliphatic heterocycles. The van der Waals surface area contributed by atoms with Crippen LogP contribution >= 0.6 is 23.6 Å². The van der Waals surface area contributed by atoms with Crippen LogP contribution in [0.5, 0.6) is 0 Å². The molecule has 154 valence electrons. The maximum absolute atomic E-state index is 12.7. The fourth-order valence-corrected chi connectivity index (χ4v) is 4.53. The highest BCUT2D eigenvalue weighted by Gasteiger charge is 2.32. The van der Waals surface area contributed by atoms with E-state index in [0.29, 0.717) is 35.1 Å². The second kappa shape index (κ2) is 9.47. The maximum atomic E-state index is 12.7. The van der Waals surface area contributed by atoms with Gasteiger partial charge in [0, 0.05) is 16.9 Å². The van der Waals surface area contributed by atoms with Gasteiger partial charge < -0.3 is 14.8 Å². The quantitative estimate of drug-likeness (QED) is 0.546. The summed E-state index contributed by atoms with van der Waals surface area (Å²) in [4.78, 5) is 26.0. The zero-order chi connectivity index (χ0) is 21.0. The number of thiophene rings is 1. The maximum Gasteiger partial charge on any atom is 0.341 e. The molecule has 0 saturated heterocycles. The average molecular weight is 433 g/mol. The van der Waals surface area contributed by atoms with Crippen LogP contribution in [0.4, 0.5) is 5.00 Å². The lowest BCUT2D eigenvalue weighted by atomic mass is 9.94. The molecule has 6 nitrogen and oxygen atoms in total. The highest BCUT2D eigenvalue weighted by atomic mass is 32.1. The summed E-state index contributed by atoms with van der Waals surface area (Å²) in [5.74, 6) is -0.375. The molecule has 1 amide bonds. The Bertz CT molecular complexity index is 909. The number of thiocarbonyl (C=S) groups is 1. The van der Waals surface area contributed by atoms with Crippen molar-refractivity contribution in [1.29, 1.82) is 0 Å². The van der Waals surface area contributed by atoms with Crippen molar-refractivity contribution >= 4 is 45.5 Å². The molecule has 0 radical (unpaired) electrons. The van der Waals surface area contributed by atoms with Crippen LogP contribution in [0.3, 0.4) is 0 Å². The topological polar surface area (TPSA) is 76.7 Å². The molecule has 1 unspecified atom stereocenters. The first-order valence-electron chi connectivity index (χ1n) is 9.51. The third-order valence-electron chi connectivity index (χ3n) is 4.64.